The third-order valence-electron chi connectivity index (χ3n) is 7.39. The number of pyridine rings is 1. The van der Waals surface area contributed by atoms with E-state index in [2.05, 4.69) is 15.2 Å². The first-order valence-electron chi connectivity index (χ1n) is 13.5. The van der Waals surface area contributed by atoms with Crippen molar-refractivity contribution in [2.75, 3.05) is 18.4 Å². The molecule has 0 bridgehead atoms. The van der Waals surface area contributed by atoms with Gasteiger partial charge in [-0.1, -0.05) is 25.3 Å². The Balaban J connectivity index is 1.59. The van der Waals surface area contributed by atoms with Crippen LogP contribution in [0.2, 0.25) is 0 Å². The molecule has 1 fully saturated rings. The van der Waals surface area contributed by atoms with E-state index in [0.717, 1.165) is 57.0 Å². The van der Waals surface area contributed by atoms with E-state index in [1.807, 2.05) is 6.92 Å². The van der Waals surface area contributed by atoms with Crippen molar-refractivity contribution < 1.29 is 26.3 Å². The Morgan fingerprint density at radius 2 is 1.49 bits per heavy atom. The lowest BCUT2D eigenvalue weighted by Gasteiger charge is -2.30. The van der Waals surface area contributed by atoms with Gasteiger partial charge in [0, 0.05) is 22.8 Å². The van der Waals surface area contributed by atoms with Gasteiger partial charge in [0.25, 0.3) is 0 Å². The summed E-state index contributed by atoms with van der Waals surface area (Å²) in [6, 6.07) is 11.3. The van der Waals surface area contributed by atoms with Crippen LogP contribution in [0.15, 0.2) is 60.8 Å². The maximum absolute atomic E-state index is 13.7. The van der Waals surface area contributed by atoms with Crippen LogP contribution in [0.5, 0.6) is 0 Å². The van der Waals surface area contributed by atoms with E-state index in [1.54, 1.807) is 12.1 Å². The molecule has 5 nitrogen and oxygen atoms in total. The lowest BCUT2D eigenvalue weighted by Crippen LogP contribution is -2.31. The lowest BCUT2D eigenvalue weighted by atomic mass is 10.0. The standard InChI is InChI=1S/C30H29F6N5/c1-19(41-16-5-3-2-4-6-17-41)27-39-25-18-20(26-24(30(34,35)36)8-7-15-37-26)9-14-23(25)28(40-27)38-22-12-10-21(11-13-22)29(31,32)33/h7-15,18-19H,2-6,16-17H2,1H3,(H,38,39,40). The molecule has 2 aromatic carbocycles. The number of alkyl halides is 6. The van der Waals surface area contributed by atoms with Gasteiger partial charge in [0.15, 0.2) is 0 Å². The minimum absolute atomic E-state index is 0.185. The van der Waals surface area contributed by atoms with E-state index >= 15 is 0 Å². The molecular formula is C30H29F6N5. The van der Waals surface area contributed by atoms with Crippen molar-refractivity contribution in [3.8, 4) is 11.3 Å². The summed E-state index contributed by atoms with van der Waals surface area (Å²) in [7, 11) is 0. The first-order chi connectivity index (χ1) is 19.5. The normalized spacial score (nSPS) is 16.3. The lowest BCUT2D eigenvalue weighted by molar-refractivity contribution is -0.138. The van der Waals surface area contributed by atoms with E-state index in [-0.39, 0.29) is 17.3 Å². The van der Waals surface area contributed by atoms with E-state index in [4.69, 9.17) is 9.97 Å². The Morgan fingerprint density at radius 3 is 2.15 bits per heavy atom. The molecular weight excluding hydrogens is 544 g/mol. The highest BCUT2D eigenvalue weighted by Gasteiger charge is 2.34. The zero-order valence-corrected chi connectivity index (χ0v) is 22.4. The summed E-state index contributed by atoms with van der Waals surface area (Å²) in [4.78, 5) is 15.9. The second-order valence-electron chi connectivity index (χ2n) is 10.2. The van der Waals surface area contributed by atoms with Crippen LogP contribution < -0.4 is 5.32 Å². The van der Waals surface area contributed by atoms with Gasteiger partial charge in [0.1, 0.15) is 11.6 Å². The molecule has 5 rings (SSSR count). The van der Waals surface area contributed by atoms with Crippen molar-refractivity contribution in [2.24, 2.45) is 0 Å². The first-order valence-corrected chi connectivity index (χ1v) is 13.5. The number of fused-ring (bicyclic) bond motifs is 1. The number of anilines is 2. The van der Waals surface area contributed by atoms with E-state index in [0.29, 0.717) is 28.2 Å². The molecule has 1 atom stereocenters. The smallest absolute Gasteiger partial charge is 0.340 e. The number of nitrogens with zero attached hydrogens (tertiary/aromatic N) is 4. The predicted octanol–water partition coefficient (Wildman–Crippen LogP) is 8.80. The van der Waals surface area contributed by atoms with Crippen molar-refractivity contribution in [2.45, 2.75) is 57.4 Å². The third kappa shape index (κ3) is 6.61. The van der Waals surface area contributed by atoms with Crippen molar-refractivity contribution in [3.63, 3.8) is 0 Å². The summed E-state index contributed by atoms with van der Waals surface area (Å²) in [5.41, 5.74) is -0.811. The summed E-state index contributed by atoms with van der Waals surface area (Å²) in [5, 5.41) is 3.62. The Bertz CT molecular complexity index is 1490. The van der Waals surface area contributed by atoms with Crippen molar-refractivity contribution >= 4 is 22.4 Å². The molecule has 1 aliphatic heterocycles. The zero-order chi connectivity index (χ0) is 29.2. The number of hydrogen-bond acceptors (Lipinski definition) is 5. The molecule has 0 spiro atoms. The molecule has 41 heavy (non-hydrogen) atoms. The maximum Gasteiger partial charge on any atom is 0.418 e. The fourth-order valence-corrected chi connectivity index (χ4v) is 5.14. The van der Waals surface area contributed by atoms with E-state index < -0.39 is 23.5 Å². The van der Waals surface area contributed by atoms with Crippen LogP contribution >= 0.6 is 0 Å². The Hall–Kier alpha value is -3.73. The van der Waals surface area contributed by atoms with Crippen LogP contribution in [0.3, 0.4) is 0 Å². The first kappa shape index (κ1) is 28.8. The van der Waals surface area contributed by atoms with Gasteiger partial charge in [-0.05, 0) is 81.4 Å². The predicted molar refractivity (Wildman–Crippen MR) is 146 cm³/mol. The topological polar surface area (TPSA) is 53.9 Å². The second kappa shape index (κ2) is 11.6. The summed E-state index contributed by atoms with van der Waals surface area (Å²) >= 11 is 0. The van der Waals surface area contributed by atoms with Crippen LogP contribution in [0.1, 0.15) is 62.0 Å². The summed E-state index contributed by atoms with van der Waals surface area (Å²) in [6.07, 6.45) is -2.20. The Kier molecular flexibility index (Phi) is 8.17. The molecule has 1 saturated heterocycles. The van der Waals surface area contributed by atoms with Gasteiger partial charge in [-0.25, -0.2) is 9.97 Å². The SMILES string of the molecule is CC(c1nc(Nc2ccc(C(F)(F)F)cc2)c2ccc(-c3ncccc3C(F)(F)F)cc2n1)N1CCCCCCC1. The van der Waals surface area contributed by atoms with Gasteiger partial charge in [-0.3, -0.25) is 9.88 Å². The quantitative estimate of drug-likeness (QED) is 0.242. The molecule has 0 amide bonds. The third-order valence-corrected chi connectivity index (χ3v) is 7.39. The molecule has 0 aliphatic carbocycles. The van der Waals surface area contributed by atoms with E-state index in [1.165, 1.54) is 36.9 Å². The number of nitrogens with one attached hydrogen (secondary N) is 1. The molecule has 216 valence electrons. The largest absolute Gasteiger partial charge is 0.418 e. The second-order valence-corrected chi connectivity index (χ2v) is 10.2. The van der Waals surface area contributed by atoms with Gasteiger partial charge in [0.2, 0.25) is 0 Å². The summed E-state index contributed by atoms with van der Waals surface area (Å²) in [5.74, 6) is 0.828. The van der Waals surface area contributed by atoms with Gasteiger partial charge < -0.3 is 5.32 Å². The van der Waals surface area contributed by atoms with E-state index in [9.17, 15) is 26.3 Å². The number of halogens is 6. The zero-order valence-electron chi connectivity index (χ0n) is 22.4. The molecule has 1 N–H and O–H groups in total. The average molecular weight is 574 g/mol. The molecule has 4 aromatic rings. The highest BCUT2D eigenvalue weighted by molar-refractivity contribution is 5.93. The fraction of sp³-hybridized carbons (Fsp3) is 0.367. The van der Waals surface area contributed by atoms with Crippen LogP contribution in [-0.2, 0) is 12.4 Å². The Morgan fingerprint density at radius 1 is 0.805 bits per heavy atom. The summed E-state index contributed by atoms with van der Waals surface area (Å²) < 4.78 is 80.5. The molecule has 2 aromatic heterocycles. The van der Waals surface area contributed by atoms with Crippen molar-refractivity contribution in [3.05, 3.63) is 77.7 Å². The van der Waals surface area contributed by atoms with Crippen LogP contribution in [0, 0.1) is 0 Å². The van der Waals surface area contributed by atoms with Gasteiger partial charge in [-0.2, -0.15) is 26.3 Å². The highest BCUT2D eigenvalue weighted by Crippen LogP contribution is 2.38. The Labute approximate surface area is 233 Å². The number of hydrogen-bond donors (Lipinski definition) is 1. The highest BCUT2D eigenvalue weighted by atomic mass is 19.4. The van der Waals surface area contributed by atoms with Crippen LogP contribution in [0.4, 0.5) is 37.8 Å². The summed E-state index contributed by atoms with van der Waals surface area (Å²) in [6.45, 7) is 3.73. The van der Waals surface area contributed by atoms with Crippen molar-refractivity contribution in [1.29, 1.82) is 0 Å². The van der Waals surface area contributed by atoms with Gasteiger partial charge >= 0.3 is 12.4 Å². The van der Waals surface area contributed by atoms with Crippen LogP contribution in [-0.4, -0.2) is 32.9 Å². The number of likely N-dealkylation sites (tertiary alicyclic amines) is 1. The molecule has 0 saturated carbocycles. The molecule has 1 unspecified atom stereocenters. The molecule has 11 heteroatoms. The molecule has 0 radical (unpaired) electrons. The maximum atomic E-state index is 13.7. The molecule has 1 aliphatic rings. The van der Waals surface area contributed by atoms with Crippen molar-refractivity contribution in [1.82, 2.24) is 19.9 Å². The molecule has 3 heterocycles. The fourth-order valence-electron chi connectivity index (χ4n) is 5.14. The van der Waals surface area contributed by atoms with Gasteiger partial charge in [-0.15, -0.1) is 0 Å². The monoisotopic (exact) mass is 573 g/mol. The number of aromatic nitrogens is 3. The minimum atomic E-state index is -4.59. The van der Waals surface area contributed by atoms with Crippen LogP contribution in [0.25, 0.3) is 22.2 Å². The average Bonchev–Trinajstić information content (AvgIpc) is 2.91. The number of benzene rings is 2. The minimum Gasteiger partial charge on any atom is -0.340 e. The van der Waals surface area contributed by atoms with Gasteiger partial charge in [0.05, 0.1) is 28.4 Å². The number of rotatable bonds is 5.